The second-order valence-corrected chi connectivity index (χ2v) is 8.83. The third-order valence-corrected chi connectivity index (χ3v) is 5.63. The summed E-state index contributed by atoms with van der Waals surface area (Å²) in [6.45, 7) is 9.39. The molecule has 2 heterocycles. The molecule has 0 radical (unpaired) electrons. The van der Waals surface area contributed by atoms with E-state index in [1.54, 1.807) is 6.07 Å². The topological polar surface area (TPSA) is 126 Å². The Hall–Kier alpha value is -3.97. The van der Waals surface area contributed by atoms with Gasteiger partial charge in [-0.15, -0.1) is 11.3 Å². The Bertz CT molecular complexity index is 1290. The summed E-state index contributed by atoms with van der Waals surface area (Å²) in [5, 5.41) is 15.0. The van der Waals surface area contributed by atoms with Crippen LogP contribution in [-0.2, 0) is 0 Å². The number of methoxy groups -OCH3 is 1. The van der Waals surface area contributed by atoms with E-state index in [-0.39, 0.29) is 29.7 Å². The summed E-state index contributed by atoms with van der Waals surface area (Å²) in [5.74, 6) is -0.352. The van der Waals surface area contributed by atoms with E-state index < -0.39 is 11.8 Å². The van der Waals surface area contributed by atoms with Crippen molar-refractivity contribution in [2.45, 2.75) is 39.7 Å². The SMILES string of the molecule is C=C(CCC#N)NC(=O)c1cc(OC)ncc1NC(=O)c1c(OC(C)C)ccc2nc(C)sc12. The van der Waals surface area contributed by atoms with Gasteiger partial charge < -0.3 is 20.1 Å². The second kappa shape index (κ2) is 10.8. The summed E-state index contributed by atoms with van der Waals surface area (Å²) < 4.78 is 11.7. The Kier molecular flexibility index (Phi) is 7.81. The average Bonchev–Trinajstić information content (AvgIpc) is 3.17. The van der Waals surface area contributed by atoms with Crippen LogP contribution in [0, 0.1) is 18.3 Å². The number of aryl methyl sites for hydroxylation is 1. The van der Waals surface area contributed by atoms with Crippen molar-refractivity contribution < 1.29 is 19.1 Å². The first-order chi connectivity index (χ1) is 16.2. The van der Waals surface area contributed by atoms with Crippen LogP contribution in [0.25, 0.3) is 10.2 Å². The molecular formula is C24H25N5O4S. The van der Waals surface area contributed by atoms with Gasteiger partial charge in [-0.1, -0.05) is 6.58 Å². The van der Waals surface area contributed by atoms with E-state index in [0.29, 0.717) is 33.6 Å². The van der Waals surface area contributed by atoms with Gasteiger partial charge in [-0.3, -0.25) is 9.59 Å². The lowest BCUT2D eigenvalue weighted by atomic mass is 10.1. The fraction of sp³-hybridized carbons (Fsp3) is 0.292. The molecule has 0 aliphatic carbocycles. The van der Waals surface area contributed by atoms with Gasteiger partial charge in [0.15, 0.2) is 0 Å². The van der Waals surface area contributed by atoms with Crippen molar-refractivity contribution in [1.82, 2.24) is 15.3 Å². The number of hydrogen-bond acceptors (Lipinski definition) is 8. The number of carbonyl (C=O) groups excluding carboxylic acids is 2. The Balaban J connectivity index is 1.99. The zero-order chi connectivity index (χ0) is 24.8. The van der Waals surface area contributed by atoms with E-state index in [4.69, 9.17) is 14.7 Å². The first-order valence-electron chi connectivity index (χ1n) is 10.5. The van der Waals surface area contributed by atoms with Crippen molar-refractivity contribution >= 4 is 39.1 Å². The van der Waals surface area contributed by atoms with Gasteiger partial charge in [0.25, 0.3) is 11.8 Å². The number of ether oxygens (including phenoxy) is 2. The fourth-order valence-electron chi connectivity index (χ4n) is 3.17. The number of nitrogens with zero attached hydrogens (tertiary/aromatic N) is 3. The van der Waals surface area contributed by atoms with Gasteiger partial charge in [0.05, 0.1) is 52.0 Å². The van der Waals surface area contributed by atoms with E-state index in [1.165, 1.54) is 30.7 Å². The molecule has 0 spiro atoms. The van der Waals surface area contributed by atoms with Gasteiger partial charge >= 0.3 is 0 Å². The number of nitrogens with one attached hydrogen (secondary N) is 2. The largest absolute Gasteiger partial charge is 0.490 e. The van der Waals surface area contributed by atoms with Crippen molar-refractivity contribution in [3.05, 3.63) is 52.8 Å². The van der Waals surface area contributed by atoms with Gasteiger partial charge in [-0.2, -0.15) is 5.26 Å². The highest BCUT2D eigenvalue weighted by Crippen LogP contribution is 2.34. The van der Waals surface area contributed by atoms with Gasteiger partial charge in [0.1, 0.15) is 11.3 Å². The van der Waals surface area contributed by atoms with Crippen molar-refractivity contribution in [3.8, 4) is 17.7 Å². The zero-order valence-corrected chi connectivity index (χ0v) is 20.2. The number of hydrogen-bond donors (Lipinski definition) is 2. The summed E-state index contributed by atoms with van der Waals surface area (Å²) in [4.78, 5) is 35.0. The van der Waals surface area contributed by atoms with Gasteiger partial charge in [-0.25, -0.2) is 9.97 Å². The number of pyridine rings is 1. The van der Waals surface area contributed by atoms with E-state index in [2.05, 4.69) is 27.2 Å². The van der Waals surface area contributed by atoms with Crippen molar-refractivity contribution in [2.24, 2.45) is 0 Å². The minimum absolute atomic E-state index is 0.136. The summed E-state index contributed by atoms with van der Waals surface area (Å²) in [6, 6.07) is 6.96. The minimum atomic E-state index is -0.510. The summed E-state index contributed by atoms with van der Waals surface area (Å²) in [6.07, 6.45) is 1.74. The van der Waals surface area contributed by atoms with Gasteiger partial charge in [-0.05, 0) is 39.3 Å². The molecule has 2 N–H and O–H groups in total. The van der Waals surface area contributed by atoms with Crippen molar-refractivity contribution in [1.29, 1.82) is 5.26 Å². The Morgan fingerprint density at radius 1 is 1.29 bits per heavy atom. The smallest absolute Gasteiger partial charge is 0.261 e. The van der Waals surface area contributed by atoms with Crippen LogP contribution in [0.2, 0.25) is 0 Å². The Morgan fingerprint density at radius 3 is 2.74 bits per heavy atom. The normalized spacial score (nSPS) is 10.6. The first-order valence-corrected chi connectivity index (χ1v) is 11.3. The van der Waals surface area contributed by atoms with Crippen molar-refractivity contribution in [2.75, 3.05) is 12.4 Å². The molecule has 34 heavy (non-hydrogen) atoms. The molecule has 10 heteroatoms. The number of amides is 2. The molecule has 3 rings (SSSR count). The zero-order valence-electron chi connectivity index (χ0n) is 19.4. The molecule has 3 aromatic rings. The highest BCUT2D eigenvalue weighted by molar-refractivity contribution is 7.19. The lowest BCUT2D eigenvalue weighted by Crippen LogP contribution is -2.25. The molecule has 1 aromatic carbocycles. The van der Waals surface area contributed by atoms with Crippen LogP contribution < -0.4 is 20.1 Å². The standard InChI is InChI=1S/C24H25N5O4S/c1-13(2)33-19-9-8-17-22(34-15(4)28-17)21(19)24(31)29-18-12-26-20(32-5)11-16(18)23(30)27-14(3)7-6-10-25/h8-9,11-13H,3,6-7H2,1-2,4-5H3,(H,27,30)(H,29,31). The lowest BCUT2D eigenvalue weighted by molar-refractivity contribution is 0.0965. The monoisotopic (exact) mass is 479 g/mol. The molecule has 0 saturated heterocycles. The quantitative estimate of drug-likeness (QED) is 0.459. The number of rotatable bonds is 9. The molecule has 2 amide bonds. The third kappa shape index (κ3) is 5.68. The number of carbonyl (C=O) groups is 2. The summed E-state index contributed by atoms with van der Waals surface area (Å²) in [5.41, 5.74) is 1.72. The average molecular weight is 480 g/mol. The number of thiazole rings is 1. The number of allylic oxidation sites excluding steroid dienone is 1. The molecule has 9 nitrogen and oxygen atoms in total. The molecule has 176 valence electrons. The van der Waals surface area contributed by atoms with E-state index in [1.807, 2.05) is 32.9 Å². The van der Waals surface area contributed by atoms with Crippen LogP contribution in [0.3, 0.4) is 0 Å². The van der Waals surface area contributed by atoms with Gasteiger partial charge in [0.2, 0.25) is 5.88 Å². The van der Waals surface area contributed by atoms with Crippen LogP contribution >= 0.6 is 11.3 Å². The second-order valence-electron chi connectivity index (χ2n) is 7.63. The van der Waals surface area contributed by atoms with E-state index in [9.17, 15) is 9.59 Å². The third-order valence-electron chi connectivity index (χ3n) is 4.63. The molecule has 0 aliphatic rings. The fourth-order valence-corrected chi connectivity index (χ4v) is 4.12. The number of fused-ring (bicyclic) bond motifs is 1. The van der Waals surface area contributed by atoms with Crippen LogP contribution in [-0.4, -0.2) is 35.0 Å². The molecule has 0 aliphatic heterocycles. The van der Waals surface area contributed by atoms with E-state index >= 15 is 0 Å². The van der Waals surface area contributed by atoms with Crippen molar-refractivity contribution in [3.63, 3.8) is 0 Å². The molecule has 0 bridgehead atoms. The van der Waals surface area contributed by atoms with Gasteiger partial charge in [0, 0.05) is 18.2 Å². The van der Waals surface area contributed by atoms with Crippen LogP contribution in [0.1, 0.15) is 52.4 Å². The predicted octanol–water partition coefficient (Wildman–Crippen LogP) is 4.60. The molecule has 2 aromatic heterocycles. The molecular weight excluding hydrogens is 454 g/mol. The minimum Gasteiger partial charge on any atom is -0.490 e. The molecule has 0 unspecified atom stereocenters. The maximum atomic E-state index is 13.5. The van der Waals surface area contributed by atoms with E-state index in [0.717, 1.165) is 5.01 Å². The maximum Gasteiger partial charge on any atom is 0.261 e. The number of benzene rings is 1. The summed E-state index contributed by atoms with van der Waals surface area (Å²) >= 11 is 1.39. The molecule has 0 saturated carbocycles. The number of aromatic nitrogens is 2. The molecule has 0 fully saturated rings. The Labute approximate surface area is 201 Å². The molecule has 0 atom stereocenters. The first kappa shape index (κ1) is 24.7. The highest BCUT2D eigenvalue weighted by Gasteiger charge is 2.23. The van der Waals surface area contributed by atoms with Crippen LogP contribution in [0.4, 0.5) is 5.69 Å². The lowest BCUT2D eigenvalue weighted by Gasteiger charge is -2.16. The summed E-state index contributed by atoms with van der Waals surface area (Å²) in [7, 11) is 1.43. The highest BCUT2D eigenvalue weighted by atomic mass is 32.1. The predicted molar refractivity (Wildman–Crippen MR) is 130 cm³/mol. The number of nitriles is 1. The maximum absolute atomic E-state index is 13.5. The Morgan fingerprint density at radius 2 is 2.06 bits per heavy atom. The van der Waals surface area contributed by atoms with Crippen LogP contribution in [0.15, 0.2) is 36.7 Å². The van der Waals surface area contributed by atoms with Crippen LogP contribution in [0.5, 0.6) is 11.6 Å². The number of anilines is 1.